The van der Waals surface area contributed by atoms with Crippen LogP contribution in [0.2, 0.25) is 0 Å². The lowest BCUT2D eigenvalue weighted by Crippen LogP contribution is -2.02. The van der Waals surface area contributed by atoms with Gasteiger partial charge in [0, 0.05) is 28.3 Å². The number of fused-ring (bicyclic) bond motifs is 2. The van der Waals surface area contributed by atoms with Crippen molar-refractivity contribution in [2.75, 3.05) is 13.2 Å². The zero-order valence-corrected chi connectivity index (χ0v) is 12.7. The average molecular weight is 322 g/mol. The SMILES string of the molecule is [N-]=[N+]=NCCCOc1ccc2c(C(=O)O)c3ccccc3nc2c1. The van der Waals surface area contributed by atoms with Gasteiger partial charge in [-0.15, -0.1) is 0 Å². The van der Waals surface area contributed by atoms with Gasteiger partial charge in [0.05, 0.1) is 23.2 Å². The van der Waals surface area contributed by atoms with Gasteiger partial charge in [-0.1, -0.05) is 23.3 Å². The van der Waals surface area contributed by atoms with Crippen LogP contribution in [0.5, 0.6) is 5.75 Å². The van der Waals surface area contributed by atoms with Gasteiger partial charge in [0.2, 0.25) is 0 Å². The Labute approximate surface area is 137 Å². The summed E-state index contributed by atoms with van der Waals surface area (Å²) in [5.41, 5.74) is 9.66. The molecule has 3 rings (SSSR count). The molecular formula is C17H14N4O3. The molecule has 7 heteroatoms. The van der Waals surface area contributed by atoms with Crippen LogP contribution in [-0.2, 0) is 0 Å². The van der Waals surface area contributed by atoms with Crippen molar-refractivity contribution in [1.29, 1.82) is 0 Å². The fourth-order valence-electron chi connectivity index (χ4n) is 2.56. The minimum atomic E-state index is -0.985. The third-order valence-corrected chi connectivity index (χ3v) is 3.60. The monoisotopic (exact) mass is 322 g/mol. The summed E-state index contributed by atoms with van der Waals surface area (Å²) >= 11 is 0. The van der Waals surface area contributed by atoms with E-state index in [9.17, 15) is 9.90 Å². The Bertz CT molecular complexity index is 965. The van der Waals surface area contributed by atoms with Crippen molar-refractivity contribution >= 4 is 27.8 Å². The third-order valence-electron chi connectivity index (χ3n) is 3.60. The zero-order chi connectivity index (χ0) is 16.9. The number of carbonyl (C=O) groups is 1. The number of aromatic carboxylic acids is 1. The standard InChI is InChI=1S/C17H14N4O3/c18-21-19-8-3-9-24-11-6-7-13-15(10-11)20-14-5-2-1-4-12(14)16(13)17(22)23/h1-2,4-7,10H,3,8-9H2,(H,22,23). The molecule has 3 aromatic rings. The van der Waals surface area contributed by atoms with E-state index in [0.717, 1.165) is 0 Å². The summed E-state index contributed by atoms with van der Waals surface area (Å²) in [6.07, 6.45) is 0.605. The van der Waals surface area contributed by atoms with E-state index in [0.29, 0.717) is 47.1 Å². The molecule has 1 N–H and O–H groups in total. The van der Waals surface area contributed by atoms with Gasteiger partial charge >= 0.3 is 5.97 Å². The molecule has 120 valence electrons. The molecule has 1 aromatic heterocycles. The Morgan fingerprint density at radius 3 is 2.79 bits per heavy atom. The molecule has 0 bridgehead atoms. The molecular weight excluding hydrogens is 308 g/mol. The summed E-state index contributed by atoms with van der Waals surface area (Å²) in [5.74, 6) is -0.385. The molecule has 0 fully saturated rings. The Morgan fingerprint density at radius 1 is 1.21 bits per heavy atom. The van der Waals surface area contributed by atoms with Crippen molar-refractivity contribution in [3.63, 3.8) is 0 Å². The first-order valence-electron chi connectivity index (χ1n) is 7.40. The summed E-state index contributed by atoms with van der Waals surface area (Å²) in [6, 6.07) is 12.3. The molecule has 1 heterocycles. The molecule has 2 aromatic carbocycles. The maximum absolute atomic E-state index is 11.7. The van der Waals surface area contributed by atoms with E-state index < -0.39 is 5.97 Å². The maximum atomic E-state index is 11.7. The maximum Gasteiger partial charge on any atom is 0.337 e. The van der Waals surface area contributed by atoms with Crippen molar-refractivity contribution < 1.29 is 14.6 Å². The van der Waals surface area contributed by atoms with Crippen LogP contribution in [-0.4, -0.2) is 29.2 Å². The number of benzene rings is 2. The largest absolute Gasteiger partial charge is 0.494 e. The summed E-state index contributed by atoms with van der Waals surface area (Å²) < 4.78 is 5.60. The van der Waals surface area contributed by atoms with Crippen molar-refractivity contribution in [1.82, 2.24) is 4.98 Å². The van der Waals surface area contributed by atoms with Crippen LogP contribution in [0.15, 0.2) is 47.6 Å². The normalized spacial score (nSPS) is 10.5. The first kappa shape index (κ1) is 15.6. The topological polar surface area (TPSA) is 108 Å². The fourth-order valence-corrected chi connectivity index (χ4v) is 2.56. The lowest BCUT2D eigenvalue weighted by Gasteiger charge is -2.10. The van der Waals surface area contributed by atoms with Crippen LogP contribution in [0.25, 0.3) is 32.2 Å². The van der Waals surface area contributed by atoms with Crippen LogP contribution >= 0.6 is 0 Å². The van der Waals surface area contributed by atoms with Crippen molar-refractivity contribution in [3.8, 4) is 5.75 Å². The van der Waals surface area contributed by atoms with Crippen LogP contribution in [0, 0.1) is 0 Å². The number of azide groups is 1. The Morgan fingerprint density at radius 2 is 2.00 bits per heavy atom. The molecule has 0 atom stereocenters. The van der Waals surface area contributed by atoms with Crippen LogP contribution < -0.4 is 4.74 Å². The second kappa shape index (κ2) is 6.85. The Kier molecular flexibility index (Phi) is 4.45. The number of nitrogens with zero attached hydrogens (tertiary/aromatic N) is 4. The number of rotatable bonds is 6. The highest BCUT2D eigenvalue weighted by Crippen LogP contribution is 2.28. The van der Waals surface area contributed by atoms with Gasteiger partial charge in [-0.05, 0) is 30.2 Å². The highest BCUT2D eigenvalue weighted by Gasteiger charge is 2.15. The smallest absolute Gasteiger partial charge is 0.337 e. The quantitative estimate of drug-likeness (QED) is 0.241. The van der Waals surface area contributed by atoms with Gasteiger partial charge in [-0.25, -0.2) is 9.78 Å². The number of hydrogen-bond donors (Lipinski definition) is 1. The Hall–Kier alpha value is -3.31. The number of carboxylic acids is 1. The number of ether oxygens (including phenoxy) is 1. The molecule has 0 spiro atoms. The van der Waals surface area contributed by atoms with E-state index >= 15 is 0 Å². The predicted molar refractivity (Wildman–Crippen MR) is 90.3 cm³/mol. The molecule has 0 aliphatic heterocycles. The molecule has 0 radical (unpaired) electrons. The third kappa shape index (κ3) is 3.06. The van der Waals surface area contributed by atoms with Gasteiger partial charge in [0.25, 0.3) is 0 Å². The van der Waals surface area contributed by atoms with Gasteiger partial charge in [-0.3, -0.25) is 0 Å². The first-order valence-corrected chi connectivity index (χ1v) is 7.40. The molecule has 0 saturated carbocycles. The number of carboxylic acid groups (broad SMARTS) is 1. The molecule has 0 aliphatic carbocycles. The molecule has 0 unspecified atom stereocenters. The molecule has 0 aliphatic rings. The van der Waals surface area contributed by atoms with E-state index in [4.69, 9.17) is 10.3 Å². The highest BCUT2D eigenvalue weighted by molar-refractivity contribution is 6.13. The lowest BCUT2D eigenvalue weighted by molar-refractivity contribution is 0.0701. The van der Waals surface area contributed by atoms with Crippen LogP contribution in [0.3, 0.4) is 0 Å². The summed E-state index contributed by atoms with van der Waals surface area (Å²) in [5, 5.41) is 14.2. The van der Waals surface area contributed by atoms with Gasteiger partial charge in [0.1, 0.15) is 5.75 Å². The number of aromatic nitrogens is 1. The van der Waals surface area contributed by atoms with Gasteiger partial charge < -0.3 is 9.84 Å². The molecule has 7 nitrogen and oxygen atoms in total. The second-order valence-corrected chi connectivity index (χ2v) is 5.14. The van der Waals surface area contributed by atoms with E-state index in [2.05, 4.69) is 15.0 Å². The second-order valence-electron chi connectivity index (χ2n) is 5.14. The minimum absolute atomic E-state index is 0.241. The minimum Gasteiger partial charge on any atom is -0.494 e. The van der Waals surface area contributed by atoms with E-state index in [1.807, 2.05) is 6.07 Å². The van der Waals surface area contributed by atoms with E-state index in [1.54, 1.807) is 36.4 Å². The average Bonchev–Trinajstić information content (AvgIpc) is 2.59. The summed E-state index contributed by atoms with van der Waals surface area (Å²) in [4.78, 5) is 18.9. The fraction of sp³-hybridized carbons (Fsp3) is 0.176. The van der Waals surface area contributed by atoms with Crippen LogP contribution in [0.4, 0.5) is 0 Å². The molecule has 24 heavy (non-hydrogen) atoms. The molecule has 0 saturated heterocycles. The lowest BCUT2D eigenvalue weighted by atomic mass is 10.0. The van der Waals surface area contributed by atoms with E-state index in [-0.39, 0.29) is 5.56 Å². The van der Waals surface area contributed by atoms with Gasteiger partial charge in [-0.2, -0.15) is 0 Å². The number of para-hydroxylation sites is 1. The zero-order valence-electron chi connectivity index (χ0n) is 12.7. The van der Waals surface area contributed by atoms with Crippen molar-refractivity contribution in [2.24, 2.45) is 5.11 Å². The van der Waals surface area contributed by atoms with Crippen molar-refractivity contribution in [2.45, 2.75) is 6.42 Å². The van der Waals surface area contributed by atoms with Gasteiger partial charge in [0.15, 0.2) is 0 Å². The summed E-state index contributed by atoms with van der Waals surface area (Å²) in [7, 11) is 0. The Balaban J connectivity index is 1.99. The predicted octanol–water partition coefficient (Wildman–Crippen LogP) is 4.17. The summed E-state index contributed by atoms with van der Waals surface area (Å²) in [6.45, 7) is 0.778. The van der Waals surface area contributed by atoms with E-state index in [1.165, 1.54) is 0 Å². The number of pyridine rings is 1. The first-order chi connectivity index (χ1) is 11.7. The number of hydrogen-bond acceptors (Lipinski definition) is 4. The highest BCUT2D eigenvalue weighted by atomic mass is 16.5. The van der Waals surface area contributed by atoms with Crippen molar-refractivity contribution in [3.05, 3.63) is 58.5 Å². The molecule has 0 amide bonds. The van der Waals surface area contributed by atoms with Crippen LogP contribution in [0.1, 0.15) is 16.8 Å².